The van der Waals surface area contributed by atoms with Crippen molar-refractivity contribution in [2.45, 2.75) is 13.0 Å². The SMILES string of the molecule is C[C@H](Oc1ccc(C#N)cc1Cl)C(=O)Nc1ccc(F)cc1F. The molecule has 0 unspecified atom stereocenters. The number of ether oxygens (including phenoxy) is 1. The molecule has 0 heterocycles. The standard InChI is InChI=1S/C16H11ClF2N2O2/c1-9(23-15-5-2-10(8-20)6-12(15)17)16(22)21-14-4-3-11(18)7-13(14)19/h2-7,9H,1H3,(H,21,22)/t9-/m0/s1. The molecule has 0 radical (unpaired) electrons. The van der Waals surface area contributed by atoms with Crippen LogP contribution in [-0.4, -0.2) is 12.0 Å². The molecule has 0 bridgehead atoms. The van der Waals surface area contributed by atoms with E-state index in [1.54, 1.807) is 0 Å². The topological polar surface area (TPSA) is 62.1 Å². The minimum absolute atomic E-state index is 0.155. The fourth-order valence-electron chi connectivity index (χ4n) is 1.74. The van der Waals surface area contributed by atoms with Gasteiger partial charge in [-0.05, 0) is 37.3 Å². The highest BCUT2D eigenvalue weighted by atomic mass is 35.5. The fourth-order valence-corrected chi connectivity index (χ4v) is 1.96. The van der Waals surface area contributed by atoms with Crippen LogP contribution in [0.5, 0.6) is 5.75 Å². The average Bonchev–Trinajstić information content (AvgIpc) is 2.51. The molecule has 23 heavy (non-hydrogen) atoms. The second-order valence-corrected chi connectivity index (χ2v) is 5.04. The molecule has 0 spiro atoms. The summed E-state index contributed by atoms with van der Waals surface area (Å²) in [6.45, 7) is 1.45. The molecule has 4 nitrogen and oxygen atoms in total. The molecule has 0 aliphatic rings. The Labute approximate surface area is 136 Å². The Morgan fingerprint density at radius 2 is 2.04 bits per heavy atom. The third-order valence-corrected chi connectivity index (χ3v) is 3.22. The van der Waals surface area contributed by atoms with Crippen molar-refractivity contribution in [1.29, 1.82) is 5.26 Å². The van der Waals surface area contributed by atoms with Gasteiger partial charge in [0.15, 0.2) is 6.10 Å². The molecule has 0 aliphatic carbocycles. The molecule has 2 rings (SSSR count). The van der Waals surface area contributed by atoms with Crippen molar-refractivity contribution in [1.82, 2.24) is 0 Å². The van der Waals surface area contributed by atoms with Gasteiger partial charge in [-0.2, -0.15) is 5.26 Å². The molecule has 0 fully saturated rings. The highest BCUT2D eigenvalue weighted by Crippen LogP contribution is 2.26. The maximum Gasteiger partial charge on any atom is 0.265 e. The number of hydrogen-bond donors (Lipinski definition) is 1. The van der Waals surface area contributed by atoms with E-state index < -0.39 is 23.6 Å². The zero-order valence-corrected chi connectivity index (χ0v) is 12.7. The van der Waals surface area contributed by atoms with E-state index in [0.717, 1.165) is 12.1 Å². The summed E-state index contributed by atoms with van der Waals surface area (Å²) in [5, 5.41) is 11.2. The van der Waals surface area contributed by atoms with E-state index in [4.69, 9.17) is 21.6 Å². The first kappa shape index (κ1) is 16.7. The molecule has 1 N–H and O–H groups in total. The highest BCUT2D eigenvalue weighted by molar-refractivity contribution is 6.32. The quantitative estimate of drug-likeness (QED) is 0.921. The Morgan fingerprint density at radius 1 is 1.30 bits per heavy atom. The number of nitrogens with zero attached hydrogens (tertiary/aromatic N) is 1. The monoisotopic (exact) mass is 336 g/mol. The Kier molecular flexibility index (Phi) is 5.14. The van der Waals surface area contributed by atoms with Crippen LogP contribution in [0, 0.1) is 23.0 Å². The average molecular weight is 337 g/mol. The van der Waals surface area contributed by atoms with E-state index in [1.165, 1.54) is 25.1 Å². The second kappa shape index (κ2) is 7.07. The predicted octanol–water partition coefficient (Wildman–Crippen LogP) is 3.90. The number of nitriles is 1. The molecule has 1 amide bonds. The lowest BCUT2D eigenvalue weighted by atomic mass is 10.2. The summed E-state index contributed by atoms with van der Waals surface area (Å²) in [6.07, 6.45) is -0.982. The first-order valence-electron chi connectivity index (χ1n) is 6.53. The molecule has 2 aromatic carbocycles. The summed E-state index contributed by atoms with van der Waals surface area (Å²) in [5.41, 5.74) is 0.200. The van der Waals surface area contributed by atoms with Gasteiger partial charge < -0.3 is 10.1 Å². The van der Waals surface area contributed by atoms with Gasteiger partial charge in [0.2, 0.25) is 0 Å². The second-order valence-electron chi connectivity index (χ2n) is 4.63. The smallest absolute Gasteiger partial charge is 0.265 e. The van der Waals surface area contributed by atoms with Crippen LogP contribution in [0.25, 0.3) is 0 Å². The van der Waals surface area contributed by atoms with E-state index in [0.29, 0.717) is 11.6 Å². The Bertz CT molecular complexity index is 790. The lowest BCUT2D eigenvalue weighted by Crippen LogP contribution is -2.30. The summed E-state index contributed by atoms with van der Waals surface area (Å²) < 4.78 is 31.7. The third-order valence-electron chi connectivity index (χ3n) is 2.92. The van der Waals surface area contributed by atoms with Gasteiger partial charge in [-0.3, -0.25) is 4.79 Å². The largest absolute Gasteiger partial charge is 0.479 e. The minimum Gasteiger partial charge on any atom is -0.479 e. The van der Waals surface area contributed by atoms with Crippen molar-refractivity contribution in [2.24, 2.45) is 0 Å². The van der Waals surface area contributed by atoms with Crippen molar-refractivity contribution in [3.05, 3.63) is 58.6 Å². The van der Waals surface area contributed by atoms with Crippen molar-refractivity contribution >= 4 is 23.2 Å². The summed E-state index contributed by atoms with van der Waals surface area (Å²) in [5.74, 6) is -2.04. The maximum atomic E-state index is 13.5. The number of benzene rings is 2. The van der Waals surface area contributed by atoms with E-state index >= 15 is 0 Å². The number of halogens is 3. The van der Waals surface area contributed by atoms with Crippen molar-refractivity contribution in [3.8, 4) is 11.8 Å². The van der Waals surface area contributed by atoms with Crippen molar-refractivity contribution < 1.29 is 18.3 Å². The van der Waals surface area contributed by atoms with Crippen molar-refractivity contribution in [2.75, 3.05) is 5.32 Å². The molecule has 1 atom stereocenters. The van der Waals surface area contributed by atoms with E-state index in [1.807, 2.05) is 6.07 Å². The van der Waals surface area contributed by atoms with Crippen LogP contribution in [0.4, 0.5) is 14.5 Å². The van der Waals surface area contributed by atoms with Gasteiger partial charge in [0, 0.05) is 6.07 Å². The van der Waals surface area contributed by atoms with Crippen LogP contribution < -0.4 is 10.1 Å². The number of carbonyl (C=O) groups is 1. The number of carbonyl (C=O) groups excluding carboxylic acids is 1. The summed E-state index contributed by atoms with van der Waals surface area (Å²) >= 11 is 5.95. The number of hydrogen-bond acceptors (Lipinski definition) is 3. The van der Waals surface area contributed by atoms with Gasteiger partial charge in [-0.15, -0.1) is 0 Å². The van der Waals surface area contributed by atoms with Gasteiger partial charge >= 0.3 is 0 Å². The predicted molar refractivity (Wildman–Crippen MR) is 81.2 cm³/mol. The molecular formula is C16H11ClF2N2O2. The molecule has 7 heteroatoms. The molecule has 0 aliphatic heterocycles. The molecule has 2 aromatic rings. The number of amides is 1. The van der Waals surface area contributed by atoms with Gasteiger partial charge in [-0.1, -0.05) is 11.6 Å². The van der Waals surface area contributed by atoms with Crippen LogP contribution in [0.1, 0.15) is 12.5 Å². The Balaban J connectivity index is 2.07. The summed E-state index contributed by atoms with van der Waals surface area (Å²) in [6, 6.07) is 9.09. The summed E-state index contributed by atoms with van der Waals surface area (Å²) in [7, 11) is 0. The Morgan fingerprint density at radius 3 is 2.65 bits per heavy atom. The van der Waals surface area contributed by atoms with Crippen LogP contribution in [0.15, 0.2) is 36.4 Å². The number of nitrogens with one attached hydrogen (secondary N) is 1. The van der Waals surface area contributed by atoms with E-state index in [-0.39, 0.29) is 16.5 Å². The zero-order chi connectivity index (χ0) is 17.0. The lowest BCUT2D eigenvalue weighted by Gasteiger charge is -2.16. The van der Waals surface area contributed by atoms with E-state index in [2.05, 4.69) is 5.32 Å². The van der Waals surface area contributed by atoms with E-state index in [9.17, 15) is 13.6 Å². The molecule has 0 saturated carbocycles. The van der Waals surface area contributed by atoms with Crippen LogP contribution >= 0.6 is 11.6 Å². The van der Waals surface area contributed by atoms with Crippen LogP contribution in [-0.2, 0) is 4.79 Å². The molecule has 118 valence electrons. The number of anilines is 1. The fraction of sp³-hybridized carbons (Fsp3) is 0.125. The molecule has 0 aromatic heterocycles. The van der Waals surface area contributed by atoms with Gasteiger partial charge in [0.1, 0.15) is 17.4 Å². The van der Waals surface area contributed by atoms with Gasteiger partial charge in [0.05, 0.1) is 22.3 Å². The minimum atomic E-state index is -0.982. The van der Waals surface area contributed by atoms with Crippen LogP contribution in [0.2, 0.25) is 5.02 Å². The molecular weight excluding hydrogens is 326 g/mol. The lowest BCUT2D eigenvalue weighted by molar-refractivity contribution is -0.122. The molecule has 0 saturated heterocycles. The normalized spacial score (nSPS) is 11.4. The first-order valence-corrected chi connectivity index (χ1v) is 6.90. The first-order chi connectivity index (χ1) is 10.9. The van der Waals surface area contributed by atoms with Crippen LogP contribution in [0.3, 0.4) is 0 Å². The highest BCUT2D eigenvalue weighted by Gasteiger charge is 2.18. The van der Waals surface area contributed by atoms with Gasteiger partial charge in [-0.25, -0.2) is 8.78 Å². The maximum absolute atomic E-state index is 13.5. The number of rotatable bonds is 4. The summed E-state index contributed by atoms with van der Waals surface area (Å²) in [4.78, 5) is 12.0. The van der Waals surface area contributed by atoms with Gasteiger partial charge in [0.25, 0.3) is 5.91 Å². The Hall–Kier alpha value is -2.65. The third kappa shape index (κ3) is 4.18. The van der Waals surface area contributed by atoms with Crippen molar-refractivity contribution in [3.63, 3.8) is 0 Å². The zero-order valence-electron chi connectivity index (χ0n) is 11.9.